The molecule has 122 valence electrons. The molecule has 23 heavy (non-hydrogen) atoms. The highest BCUT2D eigenvalue weighted by Gasteiger charge is 2.21. The third kappa shape index (κ3) is 4.05. The first-order valence-electron chi connectivity index (χ1n) is 8.10. The van der Waals surface area contributed by atoms with E-state index in [1.54, 1.807) is 0 Å². The Kier molecular flexibility index (Phi) is 5.21. The normalized spacial score (nSPS) is 17.3. The fourth-order valence-corrected chi connectivity index (χ4v) is 3.36. The maximum Gasteiger partial charge on any atom is 0.0931 e. The van der Waals surface area contributed by atoms with Gasteiger partial charge in [0, 0.05) is 49.0 Å². The van der Waals surface area contributed by atoms with Crippen LogP contribution in [0.1, 0.15) is 17.2 Å². The lowest BCUT2D eigenvalue weighted by Crippen LogP contribution is -2.47. The molecule has 2 aromatic rings. The van der Waals surface area contributed by atoms with Gasteiger partial charge in [0.1, 0.15) is 0 Å². The molecule has 0 aromatic heterocycles. The number of β-amino-alcohol motifs (C(OH)–C–C–N with tert-alkyl or cyclic N) is 1. The third-order valence-corrected chi connectivity index (χ3v) is 4.78. The number of aryl methyl sites for hydroxylation is 1. The molecule has 1 N–H and O–H groups in total. The van der Waals surface area contributed by atoms with Crippen molar-refractivity contribution in [2.75, 3.05) is 37.6 Å². The topological polar surface area (TPSA) is 26.7 Å². The summed E-state index contributed by atoms with van der Waals surface area (Å²) in [6, 6.07) is 16.2. The molecular weight excluding hydrogens is 308 g/mol. The molecule has 0 amide bonds. The van der Waals surface area contributed by atoms with Crippen molar-refractivity contribution in [3.63, 3.8) is 0 Å². The van der Waals surface area contributed by atoms with E-state index in [4.69, 9.17) is 11.6 Å². The molecule has 1 heterocycles. The Morgan fingerprint density at radius 2 is 1.78 bits per heavy atom. The Labute approximate surface area is 143 Å². The van der Waals surface area contributed by atoms with Crippen molar-refractivity contribution in [2.45, 2.75) is 13.0 Å². The van der Waals surface area contributed by atoms with Crippen molar-refractivity contribution in [3.8, 4) is 0 Å². The van der Waals surface area contributed by atoms with Gasteiger partial charge in [-0.15, -0.1) is 0 Å². The summed E-state index contributed by atoms with van der Waals surface area (Å²) in [7, 11) is 0. The van der Waals surface area contributed by atoms with Crippen LogP contribution in [0.4, 0.5) is 5.69 Å². The first kappa shape index (κ1) is 16.3. The summed E-state index contributed by atoms with van der Waals surface area (Å²) in [5.74, 6) is 0. The van der Waals surface area contributed by atoms with E-state index in [1.165, 1.54) is 11.3 Å². The predicted molar refractivity (Wildman–Crippen MR) is 96.2 cm³/mol. The van der Waals surface area contributed by atoms with Gasteiger partial charge in [0.15, 0.2) is 0 Å². The van der Waals surface area contributed by atoms with Gasteiger partial charge in [-0.25, -0.2) is 0 Å². The van der Waals surface area contributed by atoms with Gasteiger partial charge in [-0.1, -0.05) is 41.9 Å². The average molecular weight is 331 g/mol. The second-order valence-electron chi connectivity index (χ2n) is 6.16. The lowest BCUT2D eigenvalue weighted by molar-refractivity contribution is 0.109. The molecule has 0 spiro atoms. The van der Waals surface area contributed by atoms with E-state index in [-0.39, 0.29) is 0 Å². The minimum absolute atomic E-state index is 0.533. The van der Waals surface area contributed by atoms with E-state index in [0.29, 0.717) is 11.6 Å². The van der Waals surface area contributed by atoms with Gasteiger partial charge >= 0.3 is 0 Å². The van der Waals surface area contributed by atoms with Gasteiger partial charge in [-0.3, -0.25) is 4.90 Å². The van der Waals surface area contributed by atoms with Crippen molar-refractivity contribution in [1.29, 1.82) is 0 Å². The summed E-state index contributed by atoms with van der Waals surface area (Å²) in [4.78, 5) is 4.71. The molecule has 3 nitrogen and oxygen atoms in total. The van der Waals surface area contributed by atoms with E-state index in [0.717, 1.165) is 31.7 Å². The fourth-order valence-electron chi connectivity index (χ4n) is 3.10. The van der Waals surface area contributed by atoms with E-state index in [9.17, 15) is 5.11 Å². The highest BCUT2D eigenvalue weighted by atomic mass is 35.5. The molecule has 1 fully saturated rings. The second-order valence-corrected chi connectivity index (χ2v) is 6.57. The minimum Gasteiger partial charge on any atom is -0.387 e. The molecule has 1 atom stereocenters. The van der Waals surface area contributed by atoms with Crippen LogP contribution in [0.25, 0.3) is 0 Å². The Balaban J connectivity index is 1.56. The number of hydrogen-bond donors (Lipinski definition) is 1. The smallest absolute Gasteiger partial charge is 0.0931 e. The molecule has 0 aliphatic carbocycles. The van der Waals surface area contributed by atoms with Gasteiger partial charge in [-0.05, 0) is 30.7 Å². The molecule has 0 unspecified atom stereocenters. The molecule has 3 rings (SSSR count). The molecule has 0 saturated carbocycles. The summed E-state index contributed by atoms with van der Waals surface area (Å²) < 4.78 is 0. The van der Waals surface area contributed by atoms with Crippen LogP contribution < -0.4 is 4.90 Å². The van der Waals surface area contributed by atoms with E-state index in [2.05, 4.69) is 41.0 Å². The molecule has 4 heteroatoms. The number of benzene rings is 2. The van der Waals surface area contributed by atoms with E-state index >= 15 is 0 Å². The summed E-state index contributed by atoms with van der Waals surface area (Å²) in [6.07, 6.45) is -0.533. The maximum atomic E-state index is 10.4. The highest BCUT2D eigenvalue weighted by Crippen LogP contribution is 2.24. The number of halogens is 1. The van der Waals surface area contributed by atoms with Crippen LogP contribution in [0.3, 0.4) is 0 Å². The highest BCUT2D eigenvalue weighted by molar-refractivity contribution is 6.31. The van der Waals surface area contributed by atoms with Gasteiger partial charge in [0.25, 0.3) is 0 Å². The Bertz CT molecular complexity index is 653. The van der Waals surface area contributed by atoms with Gasteiger partial charge in [0.05, 0.1) is 6.10 Å². The number of aliphatic hydroxyl groups excluding tert-OH is 1. The van der Waals surface area contributed by atoms with Crippen LogP contribution in [0.2, 0.25) is 5.02 Å². The van der Waals surface area contributed by atoms with Crippen molar-refractivity contribution in [1.82, 2.24) is 4.90 Å². The van der Waals surface area contributed by atoms with Crippen LogP contribution in [0.5, 0.6) is 0 Å². The number of anilines is 1. The lowest BCUT2D eigenvalue weighted by Gasteiger charge is -2.37. The molecule has 2 aromatic carbocycles. The summed E-state index contributed by atoms with van der Waals surface area (Å²) >= 11 is 6.17. The summed E-state index contributed by atoms with van der Waals surface area (Å²) in [5, 5.41) is 11.1. The zero-order valence-electron chi connectivity index (χ0n) is 13.5. The van der Waals surface area contributed by atoms with Gasteiger partial charge in [-0.2, -0.15) is 0 Å². The van der Waals surface area contributed by atoms with Gasteiger partial charge in [0.2, 0.25) is 0 Å². The monoisotopic (exact) mass is 330 g/mol. The van der Waals surface area contributed by atoms with Crippen molar-refractivity contribution in [3.05, 3.63) is 64.7 Å². The minimum atomic E-state index is -0.533. The molecule has 1 aliphatic heterocycles. The van der Waals surface area contributed by atoms with Crippen molar-refractivity contribution in [2.24, 2.45) is 0 Å². The molecule has 0 bridgehead atoms. The SMILES string of the molecule is Cc1cccc(N2CCN(C[C@@H](O)c3ccccc3Cl)CC2)c1. The predicted octanol–water partition coefficient (Wildman–Crippen LogP) is 3.50. The number of piperazine rings is 1. The van der Waals surface area contributed by atoms with Crippen LogP contribution >= 0.6 is 11.6 Å². The number of hydrogen-bond acceptors (Lipinski definition) is 3. The maximum absolute atomic E-state index is 10.4. The van der Waals surface area contributed by atoms with Crippen molar-refractivity contribution < 1.29 is 5.11 Å². The van der Waals surface area contributed by atoms with Crippen LogP contribution in [0, 0.1) is 6.92 Å². The van der Waals surface area contributed by atoms with E-state index < -0.39 is 6.10 Å². The third-order valence-electron chi connectivity index (χ3n) is 4.43. The van der Waals surface area contributed by atoms with Gasteiger partial charge < -0.3 is 10.0 Å². The Morgan fingerprint density at radius 1 is 1.04 bits per heavy atom. The molecule has 1 aliphatic rings. The quantitative estimate of drug-likeness (QED) is 0.929. The molecule has 0 radical (unpaired) electrons. The Morgan fingerprint density at radius 3 is 2.48 bits per heavy atom. The van der Waals surface area contributed by atoms with Crippen LogP contribution in [-0.2, 0) is 0 Å². The summed E-state index contributed by atoms with van der Waals surface area (Å²) in [6.45, 7) is 6.63. The van der Waals surface area contributed by atoms with Crippen LogP contribution in [-0.4, -0.2) is 42.7 Å². The number of nitrogens with zero attached hydrogens (tertiary/aromatic N) is 2. The fraction of sp³-hybridized carbons (Fsp3) is 0.368. The second kappa shape index (κ2) is 7.35. The standard InChI is InChI=1S/C19H23ClN2O/c1-15-5-4-6-16(13-15)22-11-9-21(10-12-22)14-19(23)17-7-2-3-8-18(17)20/h2-8,13,19,23H,9-12,14H2,1H3/t19-/m1/s1. The van der Waals surface area contributed by atoms with E-state index in [1.807, 2.05) is 24.3 Å². The Hall–Kier alpha value is -1.55. The zero-order chi connectivity index (χ0) is 16.2. The molecule has 1 saturated heterocycles. The summed E-state index contributed by atoms with van der Waals surface area (Å²) in [5.41, 5.74) is 3.39. The van der Waals surface area contributed by atoms with Crippen molar-refractivity contribution >= 4 is 17.3 Å². The lowest BCUT2D eigenvalue weighted by atomic mass is 10.1. The zero-order valence-corrected chi connectivity index (χ0v) is 14.2. The first-order valence-corrected chi connectivity index (χ1v) is 8.48. The first-order chi connectivity index (χ1) is 11.1. The number of rotatable bonds is 4. The molecular formula is C19H23ClN2O. The average Bonchev–Trinajstić information content (AvgIpc) is 2.56. The number of aliphatic hydroxyl groups is 1. The largest absolute Gasteiger partial charge is 0.387 e. The van der Waals surface area contributed by atoms with Crippen LogP contribution in [0.15, 0.2) is 48.5 Å².